The number of rotatable bonds is 3. The fraction of sp³-hybridized carbons (Fsp3) is 0.0769. The van der Waals surface area contributed by atoms with Crippen molar-refractivity contribution < 1.29 is 4.79 Å². The number of nitrogens with one attached hydrogen (secondary N) is 1. The van der Waals surface area contributed by atoms with Crippen LogP contribution in [0.3, 0.4) is 0 Å². The Morgan fingerprint density at radius 3 is 2.79 bits per heavy atom. The highest BCUT2D eigenvalue weighted by Crippen LogP contribution is 2.15. The van der Waals surface area contributed by atoms with Gasteiger partial charge in [-0.2, -0.15) is 5.10 Å². The summed E-state index contributed by atoms with van der Waals surface area (Å²) in [6.07, 6.45) is 4.31. The predicted molar refractivity (Wildman–Crippen MR) is 73.2 cm³/mol. The largest absolute Gasteiger partial charge is 0.291 e. The van der Waals surface area contributed by atoms with E-state index in [1.165, 1.54) is 18.6 Å². The topological polar surface area (TPSA) is 67.2 Å². The first-order valence-corrected chi connectivity index (χ1v) is 5.92. The highest BCUT2D eigenvalue weighted by Gasteiger charge is 2.07. The van der Waals surface area contributed by atoms with E-state index in [4.69, 9.17) is 11.6 Å². The highest BCUT2D eigenvalue weighted by molar-refractivity contribution is 6.34. The van der Waals surface area contributed by atoms with E-state index < -0.39 is 5.91 Å². The molecule has 2 aromatic rings. The standard InChI is InChI=1S/C13H11ClN4O/c1-9(10-4-2-3-5-11(10)14)17-18-13(19)12-8-15-6-7-16-12/h2-8H,1H3,(H,18,19)/b17-9+. The van der Waals surface area contributed by atoms with Crippen molar-refractivity contribution in [1.82, 2.24) is 15.4 Å². The summed E-state index contributed by atoms with van der Waals surface area (Å²) in [4.78, 5) is 19.4. The molecule has 0 fully saturated rings. The number of hydrazone groups is 1. The summed E-state index contributed by atoms with van der Waals surface area (Å²) in [6, 6.07) is 7.28. The van der Waals surface area contributed by atoms with Gasteiger partial charge in [-0.25, -0.2) is 10.4 Å². The van der Waals surface area contributed by atoms with Crippen LogP contribution in [0.25, 0.3) is 0 Å². The second-order valence-corrected chi connectivity index (χ2v) is 4.12. The van der Waals surface area contributed by atoms with Crippen molar-refractivity contribution in [2.75, 3.05) is 0 Å². The molecule has 1 aromatic heterocycles. The Morgan fingerprint density at radius 2 is 2.11 bits per heavy atom. The Morgan fingerprint density at radius 1 is 1.32 bits per heavy atom. The van der Waals surface area contributed by atoms with Crippen LogP contribution in [0, 0.1) is 0 Å². The molecule has 0 aliphatic carbocycles. The molecule has 1 heterocycles. The van der Waals surface area contributed by atoms with E-state index in [2.05, 4.69) is 20.5 Å². The molecule has 0 saturated heterocycles. The zero-order valence-electron chi connectivity index (χ0n) is 10.2. The van der Waals surface area contributed by atoms with E-state index in [1.54, 1.807) is 13.0 Å². The van der Waals surface area contributed by atoms with Crippen LogP contribution >= 0.6 is 11.6 Å². The molecule has 0 aliphatic rings. The fourth-order valence-corrected chi connectivity index (χ4v) is 1.70. The first-order valence-electron chi connectivity index (χ1n) is 5.54. The summed E-state index contributed by atoms with van der Waals surface area (Å²) in [7, 11) is 0. The Labute approximate surface area is 115 Å². The Hall–Kier alpha value is -2.27. The van der Waals surface area contributed by atoms with Gasteiger partial charge in [0.2, 0.25) is 0 Å². The molecule has 0 spiro atoms. The molecule has 2 rings (SSSR count). The molecule has 0 atom stereocenters. The zero-order chi connectivity index (χ0) is 13.7. The zero-order valence-corrected chi connectivity index (χ0v) is 10.9. The molecular formula is C13H11ClN4O. The fourth-order valence-electron chi connectivity index (χ4n) is 1.42. The van der Waals surface area contributed by atoms with Crippen LogP contribution in [0.15, 0.2) is 48.0 Å². The van der Waals surface area contributed by atoms with Gasteiger partial charge in [0.25, 0.3) is 5.91 Å². The van der Waals surface area contributed by atoms with Crippen LogP contribution in [0.2, 0.25) is 5.02 Å². The monoisotopic (exact) mass is 274 g/mol. The van der Waals surface area contributed by atoms with Gasteiger partial charge in [0, 0.05) is 23.0 Å². The summed E-state index contributed by atoms with van der Waals surface area (Å²) >= 11 is 6.04. The van der Waals surface area contributed by atoms with E-state index in [9.17, 15) is 4.79 Å². The number of hydrogen-bond acceptors (Lipinski definition) is 4. The first kappa shape index (κ1) is 13.2. The van der Waals surface area contributed by atoms with Crippen molar-refractivity contribution in [1.29, 1.82) is 0 Å². The van der Waals surface area contributed by atoms with Gasteiger partial charge in [-0.3, -0.25) is 9.78 Å². The summed E-state index contributed by atoms with van der Waals surface area (Å²) in [5.74, 6) is -0.417. The van der Waals surface area contributed by atoms with Crippen LogP contribution in [0.4, 0.5) is 0 Å². The lowest BCUT2D eigenvalue weighted by atomic mass is 10.1. The molecule has 19 heavy (non-hydrogen) atoms. The molecule has 0 aliphatic heterocycles. The predicted octanol–water partition coefficient (Wildman–Crippen LogP) is 2.28. The van der Waals surface area contributed by atoms with Gasteiger partial charge in [0.05, 0.1) is 11.9 Å². The Balaban J connectivity index is 2.11. The minimum absolute atomic E-state index is 0.207. The third-order valence-electron chi connectivity index (χ3n) is 2.38. The van der Waals surface area contributed by atoms with Crippen LogP contribution in [0.5, 0.6) is 0 Å². The molecule has 5 nitrogen and oxygen atoms in total. The van der Waals surface area contributed by atoms with Crippen molar-refractivity contribution >= 4 is 23.2 Å². The van der Waals surface area contributed by atoms with Gasteiger partial charge in [0.15, 0.2) is 0 Å². The number of carbonyl (C=O) groups is 1. The van der Waals surface area contributed by atoms with E-state index in [-0.39, 0.29) is 5.69 Å². The number of halogens is 1. The number of hydrogen-bond donors (Lipinski definition) is 1. The lowest BCUT2D eigenvalue weighted by Gasteiger charge is -2.04. The minimum atomic E-state index is -0.417. The molecule has 0 saturated carbocycles. The van der Waals surface area contributed by atoms with Crippen molar-refractivity contribution in [2.45, 2.75) is 6.92 Å². The maximum Gasteiger partial charge on any atom is 0.291 e. The summed E-state index contributed by atoms with van der Waals surface area (Å²) in [5.41, 5.74) is 4.00. The smallest absolute Gasteiger partial charge is 0.265 e. The summed E-state index contributed by atoms with van der Waals surface area (Å²) in [6.45, 7) is 1.76. The first-order chi connectivity index (χ1) is 9.18. The normalized spacial score (nSPS) is 11.2. The molecule has 0 unspecified atom stereocenters. The lowest BCUT2D eigenvalue weighted by molar-refractivity contribution is 0.0949. The molecule has 1 amide bonds. The number of aromatic nitrogens is 2. The average molecular weight is 275 g/mol. The second kappa shape index (κ2) is 6.06. The van der Waals surface area contributed by atoms with E-state index in [0.717, 1.165) is 5.56 Å². The molecule has 1 aromatic carbocycles. The number of nitrogens with zero attached hydrogens (tertiary/aromatic N) is 3. The van der Waals surface area contributed by atoms with Crippen LogP contribution in [-0.4, -0.2) is 21.6 Å². The van der Waals surface area contributed by atoms with Crippen LogP contribution < -0.4 is 5.43 Å². The number of benzene rings is 1. The van der Waals surface area contributed by atoms with Crippen molar-refractivity contribution in [3.05, 3.63) is 59.1 Å². The Kier molecular flexibility index (Phi) is 4.20. The van der Waals surface area contributed by atoms with Gasteiger partial charge in [-0.15, -0.1) is 0 Å². The van der Waals surface area contributed by atoms with Gasteiger partial charge >= 0.3 is 0 Å². The van der Waals surface area contributed by atoms with E-state index in [0.29, 0.717) is 10.7 Å². The second-order valence-electron chi connectivity index (χ2n) is 3.71. The quantitative estimate of drug-likeness (QED) is 0.690. The Bertz CT molecular complexity index is 613. The number of amides is 1. The maximum absolute atomic E-state index is 11.7. The maximum atomic E-state index is 11.7. The van der Waals surface area contributed by atoms with Crippen LogP contribution in [0.1, 0.15) is 23.0 Å². The van der Waals surface area contributed by atoms with Gasteiger partial charge in [-0.05, 0) is 13.0 Å². The molecular weight excluding hydrogens is 264 g/mol. The summed E-state index contributed by atoms with van der Waals surface area (Å²) in [5, 5.41) is 4.58. The third-order valence-corrected chi connectivity index (χ3v) is 2.71. The van der Waals surface area contributed by atoms with Crippen molar-refractivity contribution in [3.8, 4) is 0 Å². The summed E-state index contributed by atoms with van der Waals surface area (Å²) < 4.78 is 0. The van der Waals surface area contributed by atoms with Gasteiger partial charge in [-0.1, -0.05) is 29.8 Å². The van der Waals surface area contributed by atoms with Gasteiger partial charge < -0.3 is 0 Å². The minimum Gasteiger partial charge on any atom is -0.265 e. The highest BCUT2D eigenvalue weighted by atomic mass is 35.5. The van der Waals surface area contributed by atoms with E-state index in [1.807, 2.05) is 18.2 Å². The average Bonchev–Trinajstić information content (AvgIpc) is 2.46. The molecule has 0 radical (unpaired) electrons. The number of carbonyl (C=O) groups excluding carboxylic acids is 1. The molecule has 1 N–H and O–H groups in total. The molecule has 96 valence electrons. The lowest BCUT2D eigenvalue weighted by Crippen LogP contribution is -2.20. The molecule has 6 heteroatoms. The SMILES string of the molecule is C/C(=N\NC(=O)c1cnccn1)c1ccccc1Cl. The third kappa shape index (κ3) is 3.35. The van der Waals surface area contributed by atoms with Crippen LogP contribution in [-0.2, 0) is 0 Å². The van der Waals surface area contributed by atoms with Gasteiger partial charge in [0.1, 0.15) is 5.69 Å². The molecule has 0 bridgehead atoms. The van der Waals surface area contributed by atoms with Crippen molar-refractivity contribution in [3.63, 3.8) is 0 Å². The van der Waals surface area contributed by atoms with E-state index >= 15 is 0 Å². The van der Waals surface area contributed by atoms with Crippen molar-refractivity contribution in [2.24, 2.45) is 5.10 Å².